The summed E-state index contributed by atoms with van der Waals surface area (Å²) >= 11 is 3.38. The standard InChI is InChI=1S/C14H21BrFNO/c1-10(2)8-17-9-14(3,18)7-11-6-12(16)4-5-13(11)15/h4-6,10,17-18H,7-9H2,1-3H3. The fourth-order valence-electron chi connectivity index (χ4n) is 1.78. The van der Waals surface area contributed by atoms with E-state index in [1.54, 1.807) is 13.0 Å². The molecule has 0 amide bonds. The normalized spacial score (nSPS) is 14.8. The highest BCUT2D eigenvalue weighted by Crippen LogP contribution is 2.22. The second kappa shape index (κ2) is 6.64. The maximum absolute atomic E-state index is 13.2. The summed E-state index contributed by atoms with van der Waals surface area (Å²) in [6, 6.07) is 4.53. The highest BCUT2D eigenvalue weighted by Gasteiger charge is 2.22. The van der Waals surface area contributed by atoms with Gasteiger partial charge in [-0.15, -0.1) is 0 Å². The molecule has 0 saturated heterocycles. The number of hydrogen-bond acceptors (Lipinski definition) is 2. The molecule has 0 radical (unpaired) electrons. The summed E-state index contributed by atoms with van der Waals surface area (Å²) in [6.45, 7) is 7.35. The van der Waals surface area contributed by atoms with Crippen LogP contribution < -0.4 is 5.32 Å². The number of rotatable bonds is 6. The molecule has 0 saturated carbocycles. The molecule has 0 spiro atoms. The van der Waals surface area contributed by atoms with E-state index in [1.807, 2.05) is 0 Å². The topological polar surface area (TPSA) is 32.3 Å². The lowest BCUT2D eigenvalue weighted by Gasteiger charge is -2.25. The fraction of sp³-hybridized carbons (Fsp3) is 0.571. The van der Waals surface area contributed by atoms with Crippen LogP contribution in [0, 0.1) is 11.7 Å². The highest BCUT2D eigenvalue weighted by molar-refractivity contribution is 9.10. The lowest BCUT2D eigenvalue weighted by Crippen LogP contribution is -2.41. The number of halogens is 2. The zero-order valence-corrected chi connectivity index (χ0v) is 12.7. The van der Waals surface area contributed by atoms with Gasteiger partial charge in [0.15, 0.2) is 0 Å². The Bertz CT molecular complexity index is 393. The van der Waals surface area contributed by atoms with Gasteiger partial charge in [0.1, 0.15) is 5.82 Å². The largest absolute Gasteiger partial charge is 0.389 e. The minimum absolute atomic E-state index is 0.279. The number of benzene rings is 1. The molecule has 0 aliphatic rings. The molecule has 2 N–H and O–H groups in total. The van der Waals surface area contributed by atoms with Gasteiger partial charge in [-0.3, -0.25) is 0 Å². The number of aliphatic hydroxyl groups is 1. The predicted molar refractivity (Wildman–Crippen MR) is 76.1 cm³/mol. The van der Waals surface area contributed by atoms with E-state index in [9.17, 15) is 9.50 Å². The van der Waals surface area contributed by atoms with Gasteiger partial charge >= 0.3 is 0 Å². The summed E-state index contributed by atoms with van der Waals surface area (Å²) in [4.78, 5) is 0. The molecule has 0 bridgehead atoms. The van der Waals surface area contributed by atoms with Crippen LogP contribution >= 0.6 is 15.9 Å². The summed E-state index contributed by atoms with van der Waals surface area (Å²) in [6.07, 6.45) is 0.413. The Hall–Kier alpha value is -0.450. The molecule has 1 atom stereocenters. The maximum atomic E-state index is 13.2. The Morgan fingerprint density at radius 2 is 2.11 bits per heavy atom. The van der Waals surface area contributed by atoms with Gasteiger partial charge in [0, 0.05) is 17.4 Å². The SMILES string of the molecule is CC(C)CNCC(C)(O)Cc1cc(F)ccc1Br. The van der Waals surface area contributed by atoms with Crippen LogP contribution in [-0.4, -0.2) is 23.8 Å². The van der Waals surface area contributed by atoms with Crippen LogP contribution in [0.2, 0.25) is 0 Å². The fourth-order valence-corrected chi connectivity index (χ4v) is 2.17. The van der Waals surface area contributed by atoms with Gasteiger partial charge < -0.3 is 10.4 Å². The van der Waals surface area contributed by atoms with E-state index in [-0.39, 0.29) is 5.82 Å². The van der Waals surface area contributed by atoms with Gasteiger partial charge in [-0.2, -0.15) is 0 Å². The molecule has 2 nitrogen and oxygen atoms in total. The Kier molecular flexibility index (Phi) is 5.76. The molecule has 1 rings (SSSR count). The second-order valence-corrected chi connectivity index (χ2v) is 6.29. The van der Waals surface area contributed by atoms with Crippen LogP contribution in [0.3, 0.4) is 0 Å². The smallest absolute Gasteiger partial charge is 0.123 e. The minimum Gasteiger partial charge on any atom is -0.389 e. The number of hydrogen-bond donors (Lipinski definition) is 2. The Morgan fingerprint density at radius 1 is 1.44 bits per heavy atom. The molecule has 0 heterocycles. The van der Waals surface area contributed by atoms with Crippen molar-refractivity contribution in [1.29, 1.82) is 0 Å². The van der Waals surface area contributed by atoms with Crippen molar-refractivity contribution in [3.8, 4) is 0 Å². The lowest BCUT2D eigenvalue weighted by atomic mass is 9.96. The van der Waals surface area contributed by atoms with E-state index in [2.05, 4.69) is 35.1 Å². The second-order valence-electron chi connectivity index (χ2n) is 5.43. The van der Waals surface area contributed by atoms with Gasteiger partial charge in [-0.25, -0.2) is 4.39 Å². The van der Waals surface area contributed by atoms with Crippen molar-refractivity contribution in [2.45, 2.75) is 32.8 Å². The van der Waals surface area contributed by atoms with Gasteiger partial charge in [-0.05, 0) is 43.1 Å². The molecular weight excluding hydrogens is 297 g/mol. The molecule has 0 aliphatic heterocycles. The molecule has 1 aromatic carbocycles. The molecule has 0 aromatic heterocycles. The molecule has 18 heavy (non-hydrogen) atoms. The van der Waals surface area contributed by atoms with Crippen molar-refractivity contribution in [1.82, 2.24) is 5.32 Å². The first-order chi connectivity index (χ1) is 8.30. The van der Waals surface area contributed by atoms with Gasteiger partial charge in [-0.1, -0.05) is 29.8 Å². The third-order valence-corrected chi connectivity index (χ3v) is 3.41. The molecule has 4 heteroatoms. The van der Waals surface area contributed by atoms with Crippen LogP contribution in [0.4, 0.5) is 4.39 Å². The van der Waals surface area contributed by atoms with Crippen molar-refractivity contribution < 1.29 is 9.50 Å². The van der Waals surface area contributed by atoms with E-state index in [0.29, 0.717) is 18.9 Å². The monoisotopic (exact) mass is 317 g/mol. The Labute approximate surface area is 117 Å². The molecule has 1 unspecified atom stereocenters. The van der Waals surface area contributed by atoms with Crippen LogP contribution in [0.25, 0.3) is 0 Å². The van der Waals surface area contributed by atoms with Crippen LogP contribution in [-0.2, 0) is 6.42 Å². The van der Waals surface area contributed by atoms with Gasteiger partial charge in [0.25, 0.3) is 0 Å². The van der Waals surface area contributed by atoms with E-state index in [4.69, 9.17) is 0 Å². The average Bonchev–Trinajstić information content (AvgIpc) is 2.22. The van der Waals surface area contributed by atoms with E-state index >= 15 is 0 Å². The molecule has 0 fully saturated rings. The van der Waals surface area contributed by atoms with Crippen LogP contribution in [0.5, 0.6) is 0 Å². The zero-order chi connectivity index (χ0) is 13.8. The Morgan fingerprint density at radius 3 is 2.72 bits per heavy atom. The summed E-state index contributed by atoms with van der Waals surface area (Å²) in [5, 5.41) is 13.5. The van der Waals surface area contributed by atoms with Crippen LogP contribution in [0.15, 0.2) is 22.7 Å². The average molecular weight is 318 g/mol. The quantitative estimate of drug-likeness (QED) is 0.845. The van der Waals surface area contributed by atoms with Gasteiger partial charge in [0.2, 0.25) is 0 Å². The first-order valence-corrected chi connectivity index (χ1v) is 6.96. The molecule has 0 aliphatic carbocycles. The molecule has 102 valence electrons. The third-order valence-electron chi connectivity index (χ3n) is 2.64. The van der Waals surface area contributed by atoms with Crippen molar-refractivity contribution in [2.24, 2.45) is 5.92 Å². The van der Waals surface area contributed by atoms with Crippen molar-refractivity contribution >= 4 is 15.9 Å². The predicted octanol–water partition coefficient (Wildman–Crippen LogP) is 3.13. The summed E-state index contributed by atoms with van der Waals surface area (Å²) in [7, 11) is 0. The lowest BCUT2D eigenvalue weighted by molar-refractivity contribution is 0.0593. The maximum Gasteiger partial charge on any atom is 0.123 e. The van der Waals surface area contributed by atoms with Crippen molar-refractivity contribution in [3.05, 3.63) is 34.1 Å². The zero-order valence-electron chi connectivity index (χ0n) is 11.1. The van der Waals surface area contributed by atoms with E-state index in [0.717, 1.165) is 16.6 Å². The van der Waals surface area contributed by atoms with E-state index in [1.165, 1.54) is 12.1 Å². The molecule has 1 aromatic rings. The van der Waals surface area contributed by atoms with Crippen molar-refractivity contribution in [3.63, 3.8) is 0 Å². The Balaban J connectivity index is 2.61. The molecular formula is C14H21BrFNO. The minimum atomic E-state index is -0.884. The first-order valence-electron chi connectivity index (χ1n) is 6.17. The third kappa shape index (κ3) is 5.46. The van der Waals surface area contributed by atoms with Crippen molar-refractivity contribution in [2.75, 3.05) is 13.1 Å². The number of nitrogens with one attached hydrogen (secondary N) is 1. The highest BCUT2D eigenvalue weighted by atomic mass is 79.9. The summed E-state index contributed by atoms with van der Waals surface area (Å²) < 4.78 is 14.0. The van der Waals surface area contributed by atoms with Crippen LogP contribution in [0.1, 0.15) is 26.3 Å². The van der Waals surface area contributed by atoms with Gasteiger partial charge in [0.05, 0.1) is 5.60 Å². The summed E-state index contributed by atoms with van der Waals surface area (Å²) in [5.74, 6) is 0.265. The summed E-state index contributed by atoms with van der Waals surface area (Å²) in [5.41, 5.74) is -0.100. The first kappa shape index (κ1) is 15.6. The van der Waals surface area contributed by atoms with E-state index < -0.39 is 5.60 Å².